The molecule has 4 aromatic rings. The molecule has 1 unspecified atom stereocenters. The molecule has 0 spiro atoms. The molecular formula is C27H28N2O. The average Bonchev–Trinajstić information content (AvgIpc) is 3.21. The van der Waals surface area contributed by atoms with E-state index in [0.717, 1.165) is 19.5 Å². The van der Waals surface area contributed by atoms with Gasteiger partial charge >= 0.3 is 0 Å². The Labute approximate surface area is 178 Å². The van der Waals surface area contributed by atoms with Gasteiger partial charge in [0.2, 0.25) is 0 Å². The van der Waals surface area contributed by atoms with Gasteiger partial charge in [0.1, 0.15) is 6.23 Å². The molecule has 1 fully saturated rings. The number of ether oxygens (including phenoxy) is 1. The van der Waals surface area contributed by atoms with Gasteiger partial charge in [-0.1, -0.05) is 78.9 Å². The number of nitrogens with zero attached hydrogens (tertiary/aromatic N) is 2. The summed E-state index contributed by atoms with van der Waals surface area (Å²) in [7, 11) is 1.83. The Balaban J connectivity index is 1.31. The number of aromatic nitrogens is 1. The first kappa shape index (κ1) is 19.1. The molecule has 3 aromatic carbocycles. The fraction of sp³-hybridized carbons (Fsp3) is 0.259. The molecule has 0 N–H and O–H groups in total. The first-order valence-corrected chi connectivity index (χ1v) is 10.8. The first-order chi connectivity index (χ1) is 14.8. The predicted octanol–water partition coefficient (Wildman–Crippen LogP) is 5.90. The summed E-state index contributed by atoms with van der Waals surface area (Å²) in [5.74, 6) is 0.631. The highest BCUT2D eigenvalue weighted by Gasteiger charge is 2.35. The van der Waals surface area contributed by atoms with Crippen molar-refractivity contribution in [3.63, 3.8) is 0 Å². The Morgan fingerprint density at radius 1 is 0.800 bits per heavy atom. The van der Waals surface area contributed by atoms with Gasteiger partial charge in [0, 0.05) is 26.4 Å². The normalized spacial score (nSPS) is 16.1. The maximum absolute atomic E-state index is 5.92. The molecule has 0 radical (unpaired) electrons. The van der Waals surface area contributed by atoms with E-state index in [4.69, 9.17) is 4.74 Å². The van der Waals surface area contributed by atoms with Crippen molar-refractivity contribution in [1.29, 1.82) is 0 Å². The van der Waals surface area contributed by atoms with E-state index in [1.165, 1.54) is 22.0 Å². The third-order valence-electron chi connectivity index (χ3n) is 6.33. The summed E-state index contributed by atoms with van der Waals surface area (Å²) in [6, 6.07) is 32.7. The molecule has 1 aromatic heterocycles. The van der Waals surface area contributed by atoms with E-state index >= 15 is 0 Å². The second kappa shape index (κ2) is 8.47. The minimum Gasteiger partial charge on any atom is -0.361 e. The lowest BCUT2D eigenvalue weighted by Gasteiger charge is -2.46. The maximum atomic E-state index is 5.92. The molecule has 0 saturated carbocycles. The molecule has 0 amide bonds. The van der Waals surface area contributed by atoms with Crippen LogP contribution in [0.4, 0.5) is 0 Å². The van der Waals surface area contributed by atoms with Gasteiger partial charge in [0.25, 0.3) is 0 Å². The number of hydrogen-bond donors (Lipinski definition) is 0. The zero-order valence-electron chi connectivity index (χ0n) is 17.4. The molecule has 0 bridgehead atoms. The van der Waals surface area contributed by atoms with E-state index in [1.54, 1.807) is 0 Å². The maximum Gasteiger partial charge on any atom is 0.133 e. The van der Waals surface area contributed by atoms with Gasteiger partial charge in [-0.25, -0.2) is 0 Å². The van der Waals surface area contributed by atoms with Crippen molar-refractivity contribution in [1.82, 2.24) is 9.47 Å². The molecule has 3 heteroatoms. The smallest absolute Gasteiger partial charge is 0.133 e. The summed E-state index contributed by atoms with van der Waals surface area (Å²) in [6.07, 6.45) is 3.26. The summed E-state index contributed by atoms with van der Waals surface area (Å²) in [5, 5.41) is 1.27. The third kappa shape index (κ3) is 3.67. The zero-order chi connectivity index (χ0) is 20.3. The molecule has 1 atom stereocenters. The van der Waals surface area contributed by atoms with Crippen LogP contribution < -0.4 is 0 Å². The highest BCUT2D eigenvalue weighted by molar-refractivity contribution is 5.80. The quantitative estimate of drug-likeness (QED) is 0.387. The van der Waals surface area contributed by atoms with Crippen molar-refractivity contribution < 1.29 is 4.74 Å². The summed E-state index contributed by atoms with van der Waals surface area (Å²) >= 11 is 0. The Kier molecular flexibility index (Phi) is 5.39. The van der Waals surface area contributed by atoms with E-state index in [-0.39, 0.29) is 6.23 Å². The highest BCUT2D eigenvalue weighted by Crippen LogP contribution is 2.37. The lowest BCUT2D eigenvalue weighted by atomic mass is 9.88. The van der Waals surface area contributed by atoms with Crippen molar-refractivity contribution in [3.05, 3.63) is 108 Å². The SMILES string of the molecule is COC(CC1CN(C(c2ccccc2)c2ccccc2)C1)n1ccc2ccccc21. The second-order valence-corrected chi connectivity index (χ2v) is 8.25. The summed E-state index contributed by atoms with van der Waals surface area (Å²) in [5.41, 5.74) is 3.97. The van der Waals surface area contributed by atoms with Crippen LogP contribution in [0.15, 0.2) is 97.2 Å². The van der Waals surface area contributed by atoms with Crippen molar-refractivity contribution in [2.75, 3.05) is 20.2 Å². The van der Waals surface area contributed by atoms with E-state index in [1.807, 2.05) is 7.11 Å². The number of para-hydroxylation sites is 1. The van der Waals surface area contributed by atoms with Crippen LogP contribution in [0.3, 0.4) is 0 Å². The third-order valence-corrected chi connectivity index (χ3v) is 6.33. The Bertz CT molecular complexity index is 1040. The van der Waals surface area contributed by atoms with Crippen LogP contribution in [0.5, 0.6) is 0 Å². The van der Waals surface area contributed by atoms with Crippen molar-refractivity contribution in [2.45, 2.75) is 18.7 Å². The van der Waals surface area contributed by atoms with Crippen LogP contribution in [-0.2, 0) is 4.74 Å². The first-order valence-electron chi connectivity index (χ1n) is 10.8. The van der Waals surface area contributed by atoms with Crippen molar-refractivity contribution in [2.24, 2.45) is 5.92 Å². The molecule has 0 aliphatic carbocycles. The number of benzene rings is 3. The van der Waals surface area contributed by atoms with Crippen molar-refractivity contribution >= 4 is 10.9 Å². The van der Waals surface area contributed by atoms with Gasteiger partial charge in [-0.3, -0.25) is 4.90 Å². The summed E-state index contributed by atoms with van der Waals surface area (Å²) < 4.78 is 8.20. The van der Waals surface area contributed by atoms with E-state index < -0.39 is 0 Å². The largest absolute Gasteiger partial charge is 0.361 e. The lowest BCUT2D eigenvalue weighted by molar-refractivity contribution is -0.0172. The molecular weight excluding hydrogens is 368 g/mol. The molecule has 1 aliphatic heterocycles. The molecule has 30 heavy (non-hydrogen) atoms. The molecule has 1 saturated heterocycles. The van der Waals surface area contributed by atoms with Crippen LogP contribution >= 0.6 is 0 Å². The van der Waals surface area contributed by atoms with Gasteiger partial charge in [-0.05, 0) is 41.0 Å². The van der Waals surface area contributed by atoms with E-state index in [9.17, 15) is 0 Å². The standard InChI is InChI=1S/C27H28N2O/c1-30-26(29-17-16-22-10-8-9-15-25(22)29)18-21-19-28(20-21)27(23-11-4-2-5-12-23)24-13-6-3-7-14-24/h2-17,21,26-27H,18-20H2,1H3. The minimum absolute atomic E-state index is 0.0731. The fourth-order valence-electron chi connectivity index (χ4n) is 4.82. The molecule has 5 rings (SSSR count). The second-order valence-electron chi connectivity index (χ2n) is 8.25. The van der Waals surface area contributed by atoms with Gasteiger partial charge in [-0.2, -0.15) is 0 Å². The zero-order valence-corrected chi connectivity index (χ0v) is 17.4. The predicted molar refractivity (Wildman–Crippen MR) is 122 cm³/mol. The number of fused-ring (bicyclic) bond motifs is 1. The van der Waals surface area contributed by atoms with Gasteiger partial charge < -0.3 is 9.30 Å². The summed E-state index contributed by atoms with van der Waals surface area (Å²) in [6.45, 7) is 2.18. The van der Waals surface area contributed by atoms with Crippen LogP contribution in [0.25, 0.3) is 10.9 Å². The lowest BCUT2D eigenvalue weighted by Crippen LogP contribution is -2.49. The number of likely N-dealkylation sites (tertiary alicyclic amines) is 1. The summed E-state index contributed by atoms with van der Waals surface area (Å²) in [4.78, 5) is 2.59. The van der Waals surface area contributed by atoms with Crippen LogP contribution in [0, 0.1) is 5.92 Å². The highest BCUT2D eigenvalue weighted by atomic mass is 16.5. The Hall–Kier alpha value is -2.88. The van der Waals surface area contributed by atoms with Gasteiger partial charge in [0.15, 0.2) is 0 Å². The molecule has 152 valence electrons. The Morgan fingerprint density at radius 2 is 1.40 bits per heavy atom. The van der Waals surface area contributed by atoms with Gasteiger partial charge in [-0.15, -0.1) is 0 Å². The minimum atomic E-state index is 0.0731. The van der Waals surface area contributed by atoms with Crippen LogP contribution in [-0.4, -0.2) is 29.7 Å². The number of rotatable bonds is 7. The van der Waals surface area contributed by atoms with Crippen LogP contribution in [0.2, 0.25) is 0 Å². The van der Waals surface area contributed by atoms with E-state index in [2.05, 4.69) is 107 Å². The Morgan fingerprint density at radius 3 is 2.03 bits per heavy atom. The molecule has 1 aliphatic rings. The fourth-order valence-corrected chi connectivity index (χ4v) is 4.82. The number of methoxy groups -OCH3 is 1. The van der Waals surface area contributed by atoms with Gasteiger partial charge in [0.05, 0.1) is 11.6 Å². The van der Waals surface area contributed by atoms with E-state index in [0.29, 0.717) is 12.0 Å². The van der Waals surface area contributed by atoms with Crippen molar-refractivity contribution in [3.8, 4) is 0 Å². The molecule has 2 heterocycles. The monoisotopic (exact) mass is 396 g/mol. The molecule has 3 nitrogen and oxygen atoms in total. The number of hydrogen-bond acceptors (Lipinski definition) is 2. The average molecular weight is 397 g/mol. The van der Waals surface area contributed by atoms with Crippen LogP contribution in [0.1, 0.15) is 29.8 Å². The topological polar surface area (TPSA) is 17.4 Å².